The number of rotatable bonds is 0. The summed E-state index contributed by atoms with van der Waals surface area (Å²) in [7, 11) is 0. The highest BCUT2D eigenvalue weighted by Gasteiger charge is 2.34. The average Bonchev–Trinajstić information content (AvgIpc) is 2.21. The monoisotopic (exact) mass is 166 g/mol. The number of benzene rings is 1. The first-order valence-corrected chi connectivity index (χ1v) is 4.04. The van der Waals surface area contributed by atoms with Gasteiger partial charge < -0.3 is 4.74 Å². The van der Waals surface area contributed by atoms with Crippen LogP contribution in [0.3, 0.4) is 0 Å². The Morgan fingerprint density at radius 3 is 3.00 bits per heavy atom. The van der Waals surface area contributed by atoms with Crippen LogP contribution in [0.15, 0.2) is 18.2 Å². The molecule has 1 aromatic carbocycles. The Morgan fingerprint density at radius 2 is 2.25 bits per heavy atom. The molecule has 0 spiro atoms. The van der Waals surface area contributed by atoms with E-state index in [4.69, 9.17) is 4.74 Å². The lowest BCUT2D eigenvalue weighted by Crippen LogP contribution is -2.22. The van der Waals surface area contributed by atoms with Crippen LogP contribution in [0.5, 0.6) is 5.75 Å². The van der Waals surface area contributed by atoms with Gasteiger partial charge in [-0.25, -0.2) is 0 Å². The van der Waals surface area contributed by atoms with E-state index in [2.05, 4.69) is 0 Å². The summed E-state index contributed by atoms with van der Waals surface area (Å²) in [4.78, 5) is 0. The van der Waals surface area contributed by atoms with E-state index in [0.717, 1.165) is 11.1 Å². The van der Waals surface area contributed by atoms with Gasteiger partial charge in [0.2, 0.25) is 5.85 Å². The van der Waals surface area contributed by atoms with Crippen molar-refractivity contribution < 1.29 is 9.13 Å². The topological polar surface area (TPSA) is 9.23 Å². The largest absolute Gasteiger partial charge is 0.458 e. The molecule has 1 atom stereocenters. The van der Waals surface area contributed by atoms with Crippen molar-refractivity contribution in [1.29, 1.82) is 0 Å². The molecule has 1 aliphatic heterocycles. The van der Waals surface area contributed by atoms with Crippen molar-refractivity contribution in [1.82, 2.24) is 0 Å². The summed E-state index contributed by atoms with van der Waals surface area (Å²) in [5.74, 6) is -0.809. The molecular weight excluding hydrogens is 155 g/mol. The quantitative estimate of drug-likeness (QED) is 0.575. The number of fused-ring (bicyclic) bond motifs is 1. The van der Waals surface area contributed by atoms with E-state index >= 15 is 0 Å². The number of hydrogen-bond donors (Lipinski definition) is 0. The Kier molecular flexibility index (Phi) is 1.40. The zero-order valence-electron chi connectivity index (χ0n) is 7.23. The number of alkyl halides is 1. The summed E-state index contributed by atoms with van der Waals surface area (Å²) in [5, 5.41) is 0. The second-order valence-corrected chi connectivity index (χ2v) is 3.49. The van der Waals surface area contributed by atoms with Crippen molar-refractivity contribution in [3.63, 3.8) is 0 Å². The van der Waals surface area contributed by atoms with E-state index in [1.165, 1.54) is 6.92 Å². The summed E-state index contributed by atoms with van der Waals surface area (Å²) in [5.41, 5.74) is 2.07. The van der Waals surface area contributed by atoms with Crippen LogP contribution in [0, 0.1) is 6.92 Å². The molecule has 0 radical (unpaired) electrons. The van der Waals surface area contributed by atoms with Gasteiger partial charge in [-0.1, -0.05) is 12.1 Å². The zero-order chi connectivity index (χ0) is 8.77. The zero-order valence-corrected chi connectivity index (χ0v) is 7.23. The Bertz CT molecular complexity index is 318. The van der Waals surface area contributed by atoms with Crippen LogP contribution in [0.4, 0.5) is 4.39 Å². The third-order valence-electron chi connectivity index (χ3n) is 2.05. The molecule has 0 amide bonds. The average molecular weight is 166 g/mol. The predicted molar refractivity (Wildman–Crippen MR) is 45.0 cm³/mol. The fraction of sp³-hybridized carbons (Fsp3) is 0.400. The van der Waals surface area contributed by atoms with E-state index < -0.39 is 5.85 Å². The summed E-state index contributed by atoms with van der Waals surface area (Å²) < 4.78 is 18.4. The number of halogens is 1. The molecule has 1 aromatic rings. The number of hydrogen-bond acceptors (Lipinski definition) is 1. The Morgan fingerprint density at radius 1 is 1.50 bits per heavy atom. The van der Waals surface area contributed by atoms with Crippen LogP contribution in [0.2, 0.25) is 0 Å². The van der Waals surface area contributed by atoms with E-state index in [1.807, 2.05) is 25.1 Å². The van der Waals surface area contributed by atoms with Crippen LogP contribution in [0.25, 0.3) is 0 Å². The molecule has 1 nitrogen and oxygen atoms in total. The molecule has 0 saturated carbocycles. The molecule has 0 aromatic heterocycles. The van der Waals surface area contributed by atoms with Crippen LogP contribution >= 0.6 is 0 Å². The van der Waals surface area contributed by atoms with Crippen LogP contribution in [-0.2, 0) is 6.42 Å². The van der Waals surface area contributed by atoms with Gasteiger partial charge in [-0.3, -0.25) is 0 Å². The van der Waals surface area contributed by atoms with E-state index in [-0.39, 0.29) is 0 Å². The van der Waals surface area contributed by atoms with Gasteiger partial charge in [0.1, 0.15) is 5.75 Å². The molecule has 2 heteroatoms. The van der Waals surface area contributed by atoms with Crippen molar-refractivity contribution in [3.05, 3.63) is 29.3 Å². The molecule has 0 aliphatic carbocycles. The first-order chi connectivity index (χ1) is 5.57. The number of ether oxygens (including phenoxy) is 1. The maximum atomic E-state index is 13.3. The molecule has 0 fully saturated rings. The summed E-state index contributed by atoms with van der Waals surface area (Å²) in [6.45, 7) is 3.43. The van der Waals surface area contributed by atoms with E-state index in [1.54, 1.807) is 0 Å². The lowest BCUT2D eigenvalue weighted by molar-refractivity contribution is -0.0234. The van der Waals surface area contributed by atoms with Crippen molar-refractivity contribution in [2.75, 3.05) is 0 Å². The van der Waals surface area contributed by atoms with Gasteiger partial charge >= 0.3 is 0 Å². The Labute approximate surface area is 71.2 Å². The van der Waals surface area contributed by atoms with Gasteiger partial charge in [0.25, 0.3) is 0 Å². The number of aryl methyl sites for hydroxylation is 1. The van der Waals surface area contributed by atoms with Crippen molar-refractivity contribution >= 4 is 0 Å². The lowest BCUT2D eigenvalue weighted by atomic mass is 10.1. The molecule has 0 N–H and O–H groups in total. The van der Waals surface area contributed by atoms with Crippen LogP contribution < -0.4 is 4.74 Å². The van der Waals surface area contributed by atoms with Gasteiger partial charge in [0.15, 0.2) is 0 Å². The van der Waals surface area contributed by atoms with Gasteiger partial charge in [-0.15, -0.1) is 0 Å². The molecule has 1 aliphatic rings. The smallest absolute Gasteiger partial charge is 0.249 e. The van der Waals surface area contributed by atoms with Gasteiger partial charge in [-0.2, -0.15) is 4.39 Å². The molecule has 0 bridgehead atoms. The van der Waals surface area contributed by atoms with Gasteiger partial charge in [0.05, 0.1) is 0 Å². The maximum Gasteiger partial charge on any atom is 0.249 e. The lowest BCUT2D eigenvalue weighted by Gasteiger charge is -2.11. The highest BCUT2D eigenvalue weighted by Crippen LogP contribution is 2.36. The van der Waals surface area contributed by atoms with Crippen molar-refractivity contribution in [2.24, 2.45) is 0 Å². The second kappa shape index (κ2) is 2.22. The highest BCUT2D eigenvalue weighted by atomic mass is 19.2. The van der Waals surface area contributed by atoms with Gasteiger partial charge in [-0.05, 0) is 18.6 Å². The summed E-state index contributed by atoms with van der Waals surface area (Å²) in [6, 6.07) is 5.78. The second-order valence-electron chi connectivity index (χ2n) is 3.49. The Balaban J connectivity index is 2.43. The fourth-order valence-electron chi connectivity index (χ4n) is 1.51. The predicted octanol–water partition coefficient (Wildman–Crippen LogP) is 2.62. The van der Waals surface area contributed by atoms with Crippen LogP contribution in [0.1, 0.15) is 18.1 Å². The fourth-order valence-corrected chi connectivity index (χ4v) is 1.51. The van der Waals surface area contributed by atoms with Gasteiger partial charge in [0, 0.05) is 18.9 Å². The third-order valence-corrected chi connectivity index (χ3v) is 2.05. The normalized spacial score (nSPS) is 26.6. The minimum absolute atomic E-state index is 0.364. The minimum Gasteiger partial charge on any atom is -0.458 e. The maximum absolute atomic E-state index is 13.3. The molecule has 1 unspecified atom stereocenters. The molecular formula is C10H11FO. The standard InChI is InChI=1S/C10H11FO/c1-7-3-4-8-6-10(2,11)12-9(8)5-7/h3-5H,6H2,1-2H3. The van der Waals surface area contributed by atoms with Crippen molar-refractivity contribution in [2.45, 2.75) is 26.1 Å². The van der Waals surface area contributed by atoms with E-state index in [9.17, 15) is 4.39 Å². The SMILES string of the molecule is Cc1ccc2c(c1)OC(C)(F)C2. The van der Waals surface area contributed by atoms with Crippen molar-refractivity contribution in [3.8, 4) is 5.75 Å². The molecule has 0 saturated heterocycles. The van der Waals surface area contributed by atoms with E-state index in [0.29, 0.717) is 12.2 Å². The summed E-state index contributed by atoms with van der Waals surface area (Å²) >= 11 is 0. The highest BCUT2D eigenvalue weighted by molar-refractivity contribution is 5.41. The first-order valence-electron chi connectivity index (χ1n) is 4.04. The Hall–Kier alpha value is -1.05. The summed E-state index contributed by atoms with van der Waals surface area (Å²) in [6.07, 6.45) is 0.364. The van der Waals surface area contributed by atoms with Crippen LogP contribution in [-0.4, -0.2) is 5.85 Å². The molecule has 2 rings (SSSR count). The molecule has 64 valence electrons. The molecule has 1 heterocycles. The third kappa shape index (κ3) is 1.17. The first kappa shape index (κ1) is 7.59. The minimum atomic E-state index is -1.50. The molecule has 12 heavy (non-hydrogen) atoms.